The fourth-order valence-corrected chi connectivity index (χ4v) is 7.55. The molecule has 2 fully saturated rings. The van der Waals surface area contributed by atoms with Gasteiger partial charge in [0.2, 0.25) is 5.91 Å². The van der Waals surface area contributed by atoms with Gasteiger partial charge in [-0.05, 0) is 127 Å². The summed E-state index contributed by atoms with van der Waals surface area (Å²) in [4.78, 5) is 44.4. The van der Waals surface area contributed by atoms with E-state index in [0.717, 1.165) is 83.3 Å². The largest absolute Gasteiger partial charge is 0.497 e. The van der Waals surface area contributed by atoms with Crippen molar-refractivity contribution in [2.75, 3.05) is 39.8 Å². The van der Waals surface area contributed by atoms with Crippen LogP contribution in [0.3, 0.4) is 0 Å². The summed E-state index contributed by atoms with van der Waals surface area (Å²) in [7, 11) is 1.64. The minimum absolute atomic E-state index is 0.0656. The van der Waals surface area contributed by atoms with Gasteiger partial charge < -0.3 is 25.0 Å². The quantitative estimate of drug-likeness (QED) is 0.133. The first kappa shape index (κ1) is 42.9. The summed E-state index contributed by atoms with van der Waals surface area (Å²) >= 11 is 0. The van der Waals surface area contributed by atoms with Crippen LogP contribution >= 0.6 is 0 Å². The van der Waals surface area contributed by atoms with Crippen LogP contribution in [-0.2, 0) is 29.0 Å². The van der Waals surface area contributed by atoms with Gasteiger partial charge in [0.15, 0.2) is 0 Å². The van der Waals surface area contributed by atoms with Gasteiger partial charge in [0, 0.05) is 44.1 Å². The summed E-state index contributed by atoms with van der Waals surface area (Å²) in [6.07, 6.45) is 8.38. The number of carboxylic acid groups (broad SMARTS) is 1. The Kier molecular flexibility index (Phi) is 16.1. The molecule has 9 nitrogen and oxygen atoms in total. The molecule has 6 rings (SSSR count). The Morgan fingerprint density at radius 2 is 1.44 bits per heavy atom. The Balaban J connectivity index is 0.000000811. The number of carbonyl (C=O) groups excluding carboxylic acids is 2. The number of hydrogen-bond acceptors (Lipinski definition) is 6. The van der Waals surface area contributed by atoms with Gasteiger partial charge in [-0.1, -0.05) is 61.7 Å². The minimum Gasteiger partial charge on any atom is -0.497 e. The Hall–Kier alpha value is -5.23. The second-order valence-corrected chi connectivity index (χ2v) is 14.9. The highest BCUT2D eigenvalue weighted by atomic mass is 19.4. The highest BCUT2D eigenvalue weighted by Gasteiger charge is 2.38. The van der Waals surface area contributed by atoms with E-state index < -0.39 is 12.1 Å². The lowest BCUT2D eigenvalue weighted by Crippen LogP contribution is -2.38. The summed E-state index contributed by atoms with van der Waals surface area (Å²) in [6.45, 7) is 5.13. The zero-order valence-corrected chi connectivity index (χ0v) is 32.6. The van der Waals surface area contributed by atoms with Crippen LogP contribution in [-0.4, -0.2) is 83.7 Å². The lowest BCUT2D eigenvalue weighted by molar-refractivity contribution is -0.192. The van der Waals surface area contributed by atoms with Crippen molar-refractivity contribution in [1.82, 2.24) is 20.1 Å². The van der Waals surface area contributed by atoms with Crippen molar-refractivity contribution < 1.29 is 37.4 Å². The van der Waals surface area contributed by atoms with Crippen molar-refractivity contribution in [1.29, 1.82) is 0 Å². The molecule has 2 amide bonds. The molecule has 2 aliphatic heterocycles. The maximum absolute atomic E-state index is 13.7. The number of pyridine rings is 1. The maximum Gasteiger partial charge on any atom is 0.490 e. The molecule has 12 heteroatoms. The second kappa shape index (κ2) is 21.3. The monoisotopic (exact) mass is 786 g/mol. The first-order chi connectivity index (χ1) is 27.5. The summed E-state index contributed by atoms with van der Waals surface area (Å²) in [5.74, 6) is -0.184. The number of alkyl halides is 3. The van der Waals surface area contributed by atoms with Gasteiger partial charge in [-0.2, -0.15) is 13.2 Å². The maximum atomic E-state index is 13.7. The number of ether oxygens (including phenoxy) is 1. The molecular weight excluding hydrogens is 734 g/mol. The molecule has 0 saturated carbocycles. The van der Waals surface area contributed by atoms with Crippen molar-refractivity contribution in [3.63, 3.8) is 0 Å². The summed E-state index contributed by atoms with van der Waals surface area (Å²) in [5, 5.41) is 10.6. The van der Waals surface area contributed by atoms with Crippen LogP contribution in [0.1, 0.15) is 72.0 Å². The number of benzene rings is 3. The molecule has 3 aromatic carbocycles. The molecule has 2 aliphatic rings. The molecule has 304 valence electrons. The van der Waals surface area contributed by atoms with Crippen LogP contribution in [0.25, 0.3) is 11.1 Å². The third-order valence-electron chi connectivity index (χ3n) is 10.8. The molecule has 0 atom stereocenters. The molecule has 57 heavy (non-hydrogen) atoms. The minimum atomic E-state index is -5.08. The molecule has 0 radical (unpaired) electrons. The van der Waals surface area contributed by atoms with Crippen molar-refractivity contribution in [3.05, 3.63) is 120 Å². The zero-order chi connectivity index (χ0) is 40.6. The highest BCUT2D eigenvalue weighted by Crippen LogP contribution is 2.28. The number of nitrogens with one attached hydrogen (secondary N) is 1. The van der Waals surface area contributed by atoms with Gasteiger partial charge >= 0.3 is 12.1 Å². The van der Waals surface area contributed by atoms with Crippen molar-refractivity contribution in [2.24, 2.45) is 11.8 Å². The molecule has 0 aliphatic carbocycles. The van der Waals surface area contributed by atoms with Crippen LogP contribution in [0.15, 0.2) is 97.3 Å². The fraction of sp³-hybridized carbons (Fsp3) is 0.422. The number of nitrogens with zero attached hydrogens (tertiary/aromatic N) is 3. The number of aromatic nitrogens is 1. The van der Waals surface area contributed by atoms with E-state index in [1.54, 1.807) is 19.5 Å². The molecule has 0 spiro atoms. The Morgan fingerprint density at radius 1 is 0.825 bits per heavy atom. The van der Waals surface area contributed by atoms with Gasteiger partial charge in [-0.3, -0.25) is 14.6 Å². The molecule has 0 bridgehead atoms. The normalized spacial score (nSPS) is 15.0. The second-order valence-electron chi connectivity index (χ2n) is 14.9. The van der Waals surface area contributed by atoms with Crippen LogP contribution < -0.4 is 10.1 Å². The molecular formula is C45H53F3N4O5. The molecule has 3 heterocycles. The number of aliphatic carboxylic acids is 1. The van der Waals surface area contributed by atoms with Crippen molar-refractivity contribution >= 4 is 17.8 Å². The first-order valence-corrected chi connectivity index (χ1v) is 19.8. The number of carbonyl (C=O) groups is 3. The van der Waals surface area contributed by atoms with Crippen LogP contribution in [0.4, 0.5) is 13.2 Å². The summed E-state index contributed by atoms with van der Waals surface area (Å²) in [5.41, 5.74) is 5.91. The van der Waals surface area contributed by atoms with E-state index in [1.807, 2.05) is 70.5 Å². The lowest BCUT2D eigenvalue weighted by Gasteiger charge is -2.32. The highest BCUT2D eigenvalue weighted by molar-refractivity contribution is 5.95. The van der Waals surface area contributed by atoms with Crippen LogP contribution in [0.5, 0.6) is 5.75 Å². The third kappa shape index (κ3) is 13.7. The van der Waals surface area contributed by atoms with Crippen LogP contribution in [0.2, 0.25) is 0 Å². The SMILES string of the molecule is COc1cccc(CC(=O)N(CCc2ccncc2)Cc2cccc(-c3cccc(C(=O)N4CCC(CCCC5CCNCC5)CC4)c3)c2)c1.O=C(O)C(F)(F)F. The molecule has 1 aromatic heterocycles. The number of amides is 2. The van der Waals surface area contributed by atoms with Gasteiger partial charge in [-0.25, -0.2) is 4.79 Å². The van der Waals surface area contributed by atoms with E-state index >= 15 is 0 Å². The number of piperidine rings is 2. The molecule has 2 saturated heterocycles. The van der Waals surface area contributed by atoms with E-state index in [0.29, 0.717) is 19.5 Å². The van der Waals surface area contributed by atoms with Gasteiger partial charge in [-0.15, -0.1) is 0 Å². The van der Waals surface area contributed by atoms with Gasteiger partial charge in [0.25, 0.3) is 5.91 Å². The Bertz CT molecular complexity index is 1890. The molecule has 4 aromatic rings. The number of halogens is 3. The number of methoxy groups -OCH3 is 1. The van der Waals surface area contributed by atoms with Crippen molar-refractivity contribution in [3.8, 4) is 16.9 Å². The van der Waals surface area contributed by atoms with E-state index in [2.05, 4.69) is 34.6 Å². The lowest BCUT2D eigenvalue weighted by atomic mass is 9.87. The predicted molar refractivity (Wildman–Crippen MR) is 214 cm³/mol. The third-order valence-corrected chi connectivity index (χ3v) is 10.8. The van der Waals surface area contributed by atoms with Gasteiger partial charge in [0.1, 0.15) is 5.75 Å². The number of rotatable bonds is 14. The number of hydrogen-bond donors (Lipinski definition) is 2. The zero-order valence-electron chi connectivity index (χ0n) is 32.6. The standard InChI is InChI=1S/C43H52N4O3.C2HF3O2/c1-50-41-13-4-8-36(29-41)30-42(48)47(27-20-35-16-23-45-24-17-35)32-37-9-3-10-38(28-37)39-11-5-12-40(31-39)43(49)46-25-18-34(19-26-46)7-2-6-33-14-21-44-22-15-33;3-2(4,5)1(6)7/h3-5,8-13,16-17,23-24,28-29,31,33-34,44H,2,6-7,14-15,18-22,25-27,30,32H2,1H3;(H,6,7). The first-order valence-electron chi connectivity index (χ1n) is 19.8. The summed E-state index contributed by atoms with van der Waals surface area (Å²) < 4.78 is 37.1. The molecule has 2 N–H and O–H groups in total. The average molecular weight is 787 g/mol. The summed E-state index contributed by atoms with van der Waals surface area (Å²) in [6, 6.07) is 28.1. The van der Waals surface area contributed by atoms with Crippen LogP contribution in [0, 0.1) is 11.8 Å². The van der Waals surface area contributed by atoms with E-state index in [4.69, 9.17) is 14.6 Å². The predicted octanol–water partition coefficient (Wildman–Crippen LogP) is 8.23. The molecule has 0 unspecified atom stereocenters. The fourth-order valence-electron chi connectivity index (χ4n) is 7.55. The smallest absolute Gasteiger partial charge is 0.490 e. The van der Waals surface area contributed by atoms with E-state index in [-0.39, 0.29) is 11.8 Å². The Labute approximate surface area is 333 Å². The number of likely N-dealkylation sites (tertiary alicyclic amines) is 1. The average Bonchev–Trinajstić information content (AvgIpc) is 3.23. The van der Waals surface area contributed by atoms with Crippen molar-refractivity contribution in [2.45, 2.75) is 70.5 Å². The van der Waals surface area contributed by atoms with E-state index in [1.165, 1.54) is 45.2 Å². The Morgan fingerprint density at radius 3 is 2.11 bits per heavy atom. The van der Waals surface area contributed by atoms with Gasteiger partial charge in [0.05, 0.1) is 13.5 Å². The van der Waals surface area contributed by atoms with E-state index in [9.17, 15) is 22.8 Å². The topological polar surface area (TPSA) is 112 Å². The number of carboxylic acids is 1.